The van der Waals surface area contributed by atoms with E-state index in [0.717, 1.165) is 12.2 Å². The van der Waals surface area contributed by atoms with Crippen LogP contribution in [0.3, 0.4) is 0 Å². The van der Waals surface area contributed by atoms with Crippen molar-refractivity contribution in [3.8, 4) is 0 Å². The fourth-order valence-electron chi connectivity index (χ4n) is 2.18. The molecule has 0 aliphatic rings. The van der Waals surface area contributed by atoms with Crippen LogP contribution in [-0.2, 0) is 6.54 Å². The van der Waals surface area contributed by atoms with Crippen molar-refractivity contribution in [1.29, 1.82) is 0 Å². The first-order valence-corrected chi connectivity index (χ1v) is 6.46. The Balaban J connectivity index is 1.84. The molecule has 1 aromatic heterocycles. The minimum Gasteiger partial charge on any atom is -0.380 e. The summed E-state index contributed by atoms with van der Waals surface area (Å²) in [6, 6.07) is 18.9. The van der Waals surface area contributed by atoms with Crippen LogP contribution in [0.25, 0.3) is 10.8 Å². The van der Waals surface area contributed by atoms with Crippen molar-refractivity contribution in [2.24, 2.45) is 0 Å². The maximum atomic E-state index is 4.31. The summed E-state index contributed by atoms with van der Waals surface area (Å²) >= 11 is 0. The summed E-state index contributed by atoms with van der Waals surface area (Å²) in [5.74, 6) is 0. The van der Waals surface area contributed by atoms with Crippen molar-refractivity contribution in [1.82, 2.24) is 4.98 Å². The molecule has 0 atom stereocenters. The van der Waals surface area contributed by atoms with Crippen LogP contribution in [0.15, 0.2) is 60.8 Å². The zero-order chi connectivity index (χ0) is 13.1. The normalized spacial score (nSPS) is 10.6. The molecule has 1 heterocycles. The minimum atomic E-state index is 0.793. The maximum absolute atomic E-state index is 4.31. The molecule has 2 heteroatoms. The zero-order valence-electron chi connectivity index (χ0n) is 10.9. The lowest BCUT2D eigenvalue weighted by Gasteiger charge is -2.09. The summed E-state index contributed by atoms with van der Waals surface area (Å²) < 4.78 is 0. The Morgan fingerprint density at radius 1 is 0.947 bits per heavy atom. The van der Waals surface area contributed by atoms with E-state index >= 15 is 0 Å². The van der Waals surface area contributed by atoms with Crippen molar-refractivity contribution >= 4 is 16.5 Å². The van der Waals surface area contributed by atoms with Gasteiger partial charge in [0.25, 0.3) is 0 Å². The molecule has 0 unspecified atom stereocenters. The molecular formula is C17H16N2. The van der Waals surface area contributed by atoms with E-state index in [1.807, 2.05) is 19.2 Å². The number of rotatable bonds is 3. The van der Waals surface area contributed by atoms with E-state index in [4.69, 9.17) is 0 Å². The van der Waals surface area contributed by atoms with Gasteiger partial charge in [0.15, 0.2) is 0 Å². The molecule has 1 N–H and O–H groups in total. The highest BCUT2D eigenvalue weighted by molar-refractivity contribution is 5.93. The number of benzene rings is 2. The molecule has 2 nitrogen and oxygen atoms in total. The Bertz CT molecular complexity index is 682. The summed E-state index contributed by atoms with van der Waals surface area (Å²) in [7, 11) is 0. The summed E-state index contributed by atoms with van der Waals surface area (Å²) in [4.78, 5) is 4.31. The number of aromatic nitrogens is 1. The quantitative estimate of drug-likeness (QED) is 0.753. The molecule has 0 aliphatic heterocycles. The molecule has 0 spiro atoms. The second-order valence-corrected chi connectivity index (χ2v) is 4.69. The number of hydrogen-bond acceptors (Lipinski definition) is 2. The van der Waals surface area contributed by atoms with E-state index in [-0.39, 0.29) is 0 Å². The first-order chi connectivity index (χ1) is 9.33. The average Bonchev–Trinajstić information content (AvgIpc) is 2.47. The first-order valence-electron chi connectivity index (χ1n) is 6.46. The van der Waals surface area contributed by atoms with Crippen LogP contribution in [0.1, 0.15) is 11.3 Å². The minimum absolute atomic E-state index is 0.793. The fourth-order valence-corrected chi connectivity index (χ4v) is 2.18. The molecule has 19 heavy (non-hydrogen) atoms. The third kappa shape index (κ3) is 2.58. The Kier molecular flexibility index (Phi) is 3.15. The number of aryl methyl sites for hydroxylation is 1. The lowest BCUT2D eigenvalue weighted by molar-refractivity contribution is 1.09. The lowest BCUT2D eigenvalue weighted by Crippen LogP contribution is -2.00. The number of pyridine rings is 1. The molecule has 2 aromatic carbocycles. The van der Waals surface area contributed by atoms with Gasteiger partial charge >= 0.3 is 0 Å². The smallest absolute Gasteiger partial charge is 0.0422 e. The van der Waals surface area contributed by atoms with Gasteiger partial charge in [-0.15, -0.1) is 0 Å². The Morgan fingerprint density at radius 2 is 1.79 bits per heavy atom. The van der Waals surface area contributed by atoms with Crippen molar-refractivity contribution in [3.63, 3.8) is 0 Å². The van der Waals surface area contributed by atoms with E-state index < -0.39 is 0 Å². The van der Waals surface area contributed by atoms with E-state index in [1.165, 1.54) is 22.0 Å². The average molecular weight is 248 g/mol. The number of anilines is 1. The van der Waals surface area contributed by atoms with E-state index in [0.29, 0.717) is 0 Å². The maximum Gasteiger partial charge on any atom is 0.0422 e. The van der Waals surface area contributed by atoms with Gasteiger partial charge < -0.3 is 5.32 Å². The Labute approximate surface area is 113 Å². The molecule has 0 saturated carbocycles. The first kappa shape index (κ1) is 11.7. The van der Waals surface area contributed by atoms with E-state index in [1.54, 1.807) is 0 Å². The third-order valence-electron chi connectivity index (χ3n) is 3.25. The van der Waals surface area contributed by atoms with Gasteiger partial charge in [0, 0.05) is 29.5 Å². The van der Waals surface area contributed by atoms with Crippen LogP contribution in [-0.4, -0.2) is 4.98 Å². The van der Waals surface area contributed by atoms with Gasteiger partial charge in [-0.05, 0) is 30.0 Å². The summed E-state index contributed by atoms with van der Waals surface area (Å²) in [5.41, 5.74) is 3.41. The second-order valence-electron chi connectivity index (χ2n) is 4.69. The molecule has 0 aliphatic carbocycles. The molecule has 94 valence electrons. The Hall–Kier alpha value is -2.35. The molecule has 0 radical (unpaired) electrons. The number of fused-ring (bicyclic) bond motifs is 1. The van der Waals surface area contributed by atoms with Crippen LogP contribution >= 0.6 is 0 Å². The monoisotopic (exact) mass is 248 g/mol. The predicted molar refractivity (Wildman–Crippen MR) is 80.2 cm³/mol. The highest BCUT2D eigenvalue weighted by Crippen LogP contribution is 2.23. The van der Waals surface area contributed by atoms with Crippen molar-refractivity contribution in [2.45, 2.75) is 13.5 Å². The molecule has 0 amide bonds. The van der Waals surface area contributed by atoms with Gasteiger partial charge in [0.05, 0.1) is 0 Å². The van der Waals surface area contributed by atoms with Crippen LogP contribution in [0, 0.1) is 6.92 Å². The van der Waals surface area contributed by atoms with E-state index in [2.05, 4.69) is 58.8 Å². The van der Waals surface area contributed by atoms with Crippen LogP contribution < -0.4 is 5.32 Å². The van der Waals surface area contributed by atoms with Gasteiger partial charge in [0.1, 0.15) is 0 Å². The van der Waals surface area contributed by atoms with Crippen LogP contribution in [0.4, 0.5) is 5.69 Å². The lowest BCUT2D eigenvalue weighted by atomic mass is 10.1. The standard InChI is InChI=1S/C17H16N2/c1-13-9-10-14(11-18-13)12-19-17-8-4-6-15-5-2-3-7-16(15)17/h2-11,19H,12H2,1H3. The van der Waals surface area contributed by atoms with Gasteiger partial charge in [-0.2, -0.15) is 0 Å². The van der Waals surface area contributed by atoms with Crippen molar-refractivity contribution in [2.75, 3.05) is 5.32 Å². The highest BCUT2D eigenvalue weighted by atomic mass is 14.9. The van der Waals surface area contributed by atoms with E-state index in [9.17, 15) is 0 Å². The third-order valence-corrected chi connectivity index (χ3v) is 3.25. The molecule has 0 saturated heterocycles. The highest BCUT2D eigenvalue weighted by Gasteiger charge is 2.00. The van der Waals surface area contributed by atoms with Gasteiger partial charge in [-0.3, -0.25) is 4.98 Å². The summed E-state index contributed by atoms with van der Waals surface area (Å²) in [6.45, 7) is 2.79. The molecule has 0 bridgehead atoms. The van der Waals surface area contributed by atoms with Crippen molar-refractivity contribution in [3.05, 3.63) is 72.1 Å². The van der Waals surface area contributed by atoms with Crippen LogP contribution in [0.5, 0.6) is 0 Å². The number of nitrogens with zero attached hydrogens (tertiary/aromatic N) is 1. The fraction of sp³-hybridized carbons (Fsp3) is 0.118. The zero-order valence-corrected chi connectivity index (χ0v) is 10.9. The van der Waals surface area contributed by atoms with Crippen LogP contribution in [0.2, 0.25) is 0 Å². The van der Waals surface area contributed by atoms with Gasteiger partial charge in [-0.25, -0.2) is 0 Å². The molecule has 3 aromatic rings. The summed E-state index contributed by atoms with van der Waals surface area (Å²) in [5, 5.41) is 6.00. The van der Waals surface area contributed by atoms with Crippen molar-refractivity contribution < 1.29 is 0 Å². The van der Waals surface area contributed by atoms with Gasteiger partial charge in [-0.1, -0.05) is 42.5 Å². The molecular weight excluding hydrogens is 232 g/mol. The molecule has 3 rings (SSSR count). The molecule has 0 fully saturated rings. The largest absolute Gasteiger partial charge is 0.380 e. The second kappa shape index (κ2) is 5.11. The number of hydrogen-bond donors (Lipinski definition) is 1. The predicted octanol–water partition coefficient (Wildman–Crippen LogP) is 4.16. The summed E-state index contributed by atoms with van der Waals surface area (Å²) in [6.07, 6.45) is 1.92. The SMILES string of the molecule is Cc1ccc(CNc2cccc3ccccc23)cn1. The van der Waals surface area contributed by atoms with Gasteiger partial charge in [0.2, 0.25) is 0 Å². The topological polar surface area (TPSA) is 24.9 Å². The number of nitrogens with one attached hydrogen (secondary N) is 1. The Morgan fingerprint density at radius 3 is 2.63 bits per heavy atom.